The van der Waals surface area contributed by atoms with Gasteiger partial charge >= 0.3 is 12.3 Å². The molecule has 2 atom stereocenters. The Hall–Kier alpha value is -0.360. The zero-order valence-corrected chi connectivity index (χ0v) is 8.23. The highest BCUT2D eigenvalue weighted by molar-refractivity contribution is 4.83. The van der Waals surface area contributed by atoms with Crippen LogP contribution in [-0.2, 0) is 0 Å². The molecule has 1 rings (SSSR count). The molecule has 90 valence electrons. The van der Waals surface area contributed by atoms with E-state index in [0.29, 0.717) is 12.8 Å². The Kier molecular flexibility index (Phi) is 4.33. The highest BCUT2D eigenvalue weighted by atomic mass is 19.3. The van der Waals surface area contributed by atoms with E-state index < -0.39 is 31.0 Å². The molecule has 6 heteroatoms. The zero-order chi connectivity index (χ0) is 11.5. The van der Waals surface area contributed by atoms with Gasteiger partial charge in [0.05, 0.1) is 12.6 Å². The maximum Gasteiger partial charge on any atom is 0.319 e. The molecular formula is C9H15F4NO. The maximum absolute atomic E-state index is 12.5. The first-order valence-corrected chi connectivity index (χ1v) is 5.01. The van der Waals surface area contributed by atoms with Gasteiger partial charge in [0.15, 0.2) is 0 Å². The quantitative estimate of drug-likeness (QED) is 0.720. The van der Waals surface area contributed by atoms with E-state index in [-0.39, 0.29) is 0 Å². The van der Waals surface area contributed by atoms with Gasteiger partial charge in [0.1, 0.15) is 0 Å². The second-order valence-electron chi connectivity index (χ2n) is 3.90. The van der Waals surface area contributed by atoms with Crippen LogP contribution in [0.2, 0.25) is 0 Å². The van der Waals surface area contributed by atoms with E-state index in [1.165, 1.54) is 0 Å². The summed E-state index contributed by atoms with van der Waals surface area (Å²) in [6, 6.07) is -0.483. The maximum atomic E-state index is 12.5. The van der Waals surface area contributed by atoms with Crippen LogP contribution in [-0.4, -0.2) is 36.1 Å². The molecule has 0 spiro atoms. The highest BCUT2D eigenvalue weighted by Gasteiger charge is 2.41. The lowest BCUT2D eigenvalue weighted by molar-refractivity contribution is -0.128. The molecule has 0 aliphatic heterocycles. The minimum atomic E-state index is -4.02. The van der Waals surface area contributed by atoms with E-state index in [1.807, 2.05) is 0 Å². The first kappa shape index (κ1) is 12.7. The third-order valence-electron chi connectivity index (χ3n) is 2.65. The number of rotatable bonds is 4. The summed E-state index contributed by atoms with van der Waals surface area (Å²) in [5.41, 5.74) is 0. The van der Waals surface area contributed by atoms with Crippen molar-refractivity contribution < 1.29 is 22.7 Å². The molecule has 0 radical (unpaired) electrons. The van der Waals surface area contributed by atoms with Crippen LogP contribution in [0, 0.1) is 0 Å². The lowest BCUT2D eigenvalue weighted by Crippen LogP contribution is -2.48. The van der Waals surface area contributed by atoms with E-state index >= 15 is 0 Å². The van der Waals surface area contributed by atoms with Gasteiger partial charge in [-0.1, -0.05) is 12.8 Å². The van der Waals surface area contributed by atoms with E-state index in [4.69, 9.17) is 0 Å². The molecule has 1 aliphatic carbocycles. The average Bonchev–Trinajstić information content (AvgIpc) is 2.16. The van der Waals surface area contributed by atoms with Crippen LogP contribution in [0.3, 0.4) is 0 Å². The molecular weight excluding hydrogens is 214 g/mol. The van der Waals surface area contributed by atoms with Crippen LogP contribution in [0.1, 0.15) is 25.7 Å². The number of hydrogen-bond acceptors (Lipinski definition) is 2. The van der Waals surface area contributed by atoms with Crippen molar-refractivity contribution in [3.05, 3.63) is 0 Å². The summed E-state index contributed by atoms with van der Waals surface area (Å²) in [5, 5.41) is 11.7. The van der Waals surface area contributed by atoms with Crippen molar-refractivity contribution in [3.8, 4) is 0 Å². The summed E-state index contributed by atoms with van der Waals surface area (Å²) < 4.78 is 48.7. The molecule has 0 aromatic carbocycles. The van der Waals surface area contributed by atoms with Gasteiger partial charge in [-0.15, -0.1) is 0 Å². The van der Waals surface area contributed by atoms with Crippen LogP contribution >= 0.6 is 0 Å². The summed E-state index contributed by atoms with van der Waals surface area (Å²) in [4.78, 5) is 0. The normalized spacial score (nSPS) is 28.4. The smallest absolute Gasteiger partial charge is 0.319 e. The first-order chi connectivity index (χ1) is 6.93. The summed E-state index contributed by atoms with van der Waals surface area (Å²) >= 11 is 0. The van der Waals surface area contributed by atoms with Gasteiger partial charge in [-0.2, -0.15) is 8.78 Å². The van der Waals surface area contributed by atoms with E-state index in [0.717, 1.165) is 12.8 Å². The Morgan fingerprint density at radius 3 is 2.40 bits per heavy atom. The van der Waals surface area contributed by atoms with E-state index in [1.54, 1.807) is 0 Å². The predicted molar refractivity (Wildman–Crippen MR) is 47.2 cm³/mol. The number of halogens is 4. The number of alkyl halides is 4. The predicted octanol–water partition coefficient (Wildman–Crippen LogP) is 1.78. The fourth-order valence-corrected chi connectivity index (χ4v) is 1.69. The molecule has 2 nitrogen and oxygen atoms in total. The van der Waals surface area contributed by atoms with Crippen molar-refractivity contribution in [1.29, 1.82) is 0 Å². The molecule has 0 saturated heterocycles. The van der Waals surface area contributed by atoms with E-state index in [9.17, 15) is 22.7 Å². The number of aliphatic hydroxyl groups excluding tert-OH is 1. The van der Waals surface area contributed by atoms with E-state index in [2.05, 4.69) is 5.32 Å². The first-order valence-electron chi connectivity index (χ1n) is 5.01. The van der Waals surface area contributed by atoms with Crippen LogP contribution < -0.4 is 5.32 Å². The molecule has 0 aromatic heterocycles. The molecule has 0 unspecified atom stereocenters. The lowest BCUT2D eigenvalue weighted by Gasteiger charge is -2.29. The Bertz CT molecular complexity index is 201. The molecule has 0 aromatic rings. The molecule has 15 heavy (non-hydrogen) atoms. The number of nitrogens with one attached hydrogen (secondary N) is 1. The monoisotopic (exact) mass is 229 g/mol. The van der Waals surface area contributed by atoms with Crippen LogP contribution in [0.4, 0.5) is 17.6 Å². The molecule has 1 fully saturated rings. The van der Waals surface area contributed by atoms with Crippen molar-refractivity contribution in [2.24, 2.45) is 0 Å². The van der Waals surface area contributed by atoms with Crippen LogP contribution in [0.5, 0.6) is 0 Å². The van der Waals surface area contributed by atoms with Crippen molar-refractivity contribution in [2.45, 2.75) is 50.2 Å². The molecule has 2 N–H and O–H groups in total. The fourth-order valence-electron chi connectivity index (χ4n) is 1.69. The second kappa shape index (κ2) is 5.12. The topological polar surface area (TPSA) is 32.3 Å². The van der Waals surface area contributed by atoms with Gasteiger partial charge in [0.25, 0.3) is 0 Å². The molecule has 0 amide bonds. The SMILES string of the molecule is O[C@H]1CCCC[C@@H]1NCC(F)(F)C(F)F. The van der Waals surface area contributed by atoms with Gasteiger partial charge in [0, 0.05) is 6.04 Å². The Balaban J connectivity index is 2.35. The second-order valence-corrected chi connectivity index (χ2v) is 3.90. The lowest BCUT2D eigenvalue weighted by atomic mass is 9.92. The largest absolute Gasteiger partial charge is 0.392 e. The van der Waals surface area contributed by atoms with Crippen molar-refractivity contribution >= 4 is 0 Å². The fraction of sp³-hybridized carbons (Fsp3) is 1.00. The molecule has 0 heterocycles. The van der Waals surface area contributed by atoms with Gasteiger partial charge in [0.2, 0.25) is 0 Å². The third-order valence-corrected chi connectivity index (χ3v) is 2.65. The minimum Gasteiger partial charge on any atom is -0.392 e. The minimum absolute atomic E-state index is 0.483. The van der Waals surface area contributed by atoms with Crippen LogP contribution in [0.15, 0.2) is 0 Å². The Morgan fingerprint density at radius 1 is 1.27 bits per heavy atom. The summed E-state index contributed by atoms with van der Waals surface area (Å²) in [6.45, 7) is -1.08. The van der Waals surface area contributed by atoms with Gasteiger partial charge < -0.3 is 10.4 Å². The van der Waals surface area contributed by atoms with Gasteiger partial charge in [-0.25, -0.2) is 8.78 Å². The highest BCUT2D eigenvalue weighted by Crippen LogP contribution is 2.23. The molecule has 0 bridgehead atoms. The number of hydrogen-bond donors (Lipinski definition) is 2. The molecule has 1 aliphatic rings. The van der Waals surface area contributed by atoms with Crippen molar-refractivity contribution in [1.82, 2.24) is 5.32 Å². The summed E-state index contributed by atoms with van der Waals surface area (Å²) in [6.07, 6.45) is -1.59. The average molecular weight is 229 g/mol. The van der Waals surface area contributed by atoms with Crippen LogP contribution in [0.25, 0.3) is 0 Å². The number of aliphatic hydroxyl groups is 1. The van der Waals surface area contributed by atoms with Crippen molar-refractivity contribution in [2.75, 3.05) is 6.54 Å². The van der Waals surface area contributed by atoms with Gasteiger partial charge in [-0.3, -0.25) is 0 Å². The zero-order valence-electron chi connectivity index (χ0n) is 8.23. The third kappa shape index (κ3) is 3.61. The summed E-state index contributed by atoms with van der Waals surface area (Å²) in [5.74, 6) is -4.02. The van der Waals surface area contributed by atoms with Gasteiger partial charge in [-0.05, 0) is 12.8 Å². The summed E-state index contributed by atoms with van der Waals surface area (Å²) in [7, 11) is 0. The van der Waals surface area contributed by atoms with Crippen molar-refractivity contribution in [3.63, 3.8) is 0 Å². The Labute approximate surface area is 85.7 Å². The molecule has 1 saturated carbocycles. The Morgan fingerprint density at radius 2 is 1.87 bits per heavy atom. The standard InChI is InChI=1S/C9H15F4NO/c10-8(11)9(12,13)5-14-6-3-1-2-4-7(6)15/h6-8,14-15H,1-5H2/t6-,7-/m0/s1.